The normalized spacial score (nSPS) is 15.9. The summed E-state index contributed by atoms with van der Waals surface area (Å²) in [5, 5.41) is 32.2. The van der Waals surface area contributed by atoms with Crippen LogP contribution in [0.3, 0.4) is 0 Å². The molecule has 0 amide bonds. The average Bonchev–Trinajstić information content (AvgIpc) is 3.54. The van der Waals surface area contributed by atoms with Gasteiger partial charge in [-0.15, -0.1) is 12.4 Å². The van der Waals surface area contributed by atoms with Crippen LogP contribution in [-0.2, 0) is 31.5 Å². The fourth-order valence-corrected chi connectivity index (χ4v) is 7.88. The van der Waals surface area contributed by atoms with Crippen molar-refractivity contribution in [1.82, 2.24) is 14.7 Å². The van der Waals surface area contributed by atoms with E-state index in [4.69, 9.17) is 35.3 Å². The van der Waals surface area contributed by atoms with Gasteiger partial charge in [-0.25, -0.2) is 9.38 Å². The minimum absolute atomic E-state index is 0. The minimum atomic E-state index is -0.562. The number of amidine groups is 1. The Bertz CT molecular complexity index is 2070. The highest BCUT2D eigenvalue weighted by Crippen LogP contribution is 2.46. The molecule has 1 fully saturated rings. The van der Waals surface area contributed by atoms with Gasteiger partial charge in [0.2, 0.25) is 0 Å². The molecule has 0 aliphatic carbocycles. The van der Waals surface area contributed by atoms with Crippen LogP contribution in [0.2, 0.25) is 0 Å². The van der Waals surface area contributed by atoms with Crippen LogP contribution in [0.25, 0.3) is 0 Å². The molecule has 318 valence electrons. The van der Waals surface area contributed by atoms with Gasteiger partial charge in [-0.3, -0.25) is 14.7 Å². The summed E-state index contributed by atoms with van der Waals surface area (Å²) in [6.45, 7) is 7.44. The lowest BCUT2D eigenvalue weighted by Gasteiger charge is -2.36. The number of aliphatic hydroxyl groups is 1. The molecule has 4 aromatic rings. The monoisotopic (exact) mass is 859 g/mol. The first-order chi connectivity index (χ1) is 28.7. The molecule has 1 atom stereocenters. The number of nitriles is 1. The van der Waals surface area contributed by atoms with Crippen molar-refractivity contribution in [3.05, 3.63) is 125 Å². The largest absolute Gasteiger partial charge is 0.394 e. The predicted molar refractivity (Wildman–Crippen MR) is 232 cm³/mol. The number of fused-ring (bicyclic) bond motifs is 3. The molecule has 1 saturated heterocycles. The second kappa shape index (κ2) is 26.1. The first-order valence-electron chi connectivity index (χ1n) is 18.9. The number of aliphatic hydroxyl groups excluding tert-OH is 1. The Morgan fingerprint density at radius 3 is 2.20 bits per heavy atom. The van der Waals surface area contributed by atoms with E-state index < -0.39 is 5.60 Å². The van der Waals surface area contributed by atoms with E-state index in [1.54, 1.807) is 23.9 Å². The van der Waals surface area contributed by atoms with Gasteiger partial charge in [0.05, 0.1) is 43.7 Å². The molecule has 0 saturated carbocycles. The molecule has 0 bridgehead atoms. The summed E-state index contributed by atoms with van der Waals surface area (Å²) in [4.78, 5) is 20.6. The highest BCUT2D eigenvalue weighted by Gasteiger charge is 2.41. The standard InChI is InChI=1S/C21H25N3O2S.C20H21FN2O.2C2H2O2.ClH/c25-14-16-26-15-13-23-9-11-24(12-10-23)21-17-5-1-3-7-19(17)27-20-8-4-2-6-18(20)22-21;1-23(2)11-3-10-20(17-5-7-18(21)8-6-17)19-9-4-15(13-22)12-16(19)14-24-20;2*1-2-4-3;/h1-8,25H,9-16H2;4-9,12H,3,10-11,14H2,1-2H3;2*1,3H;1H. The number of ether oxygens (including phenoxy) is 2. The summed E-state index contributed by atoms with van der Waals surface area (Å²) in [5.41, 5.74) is 5.45. The maximum Gasteiger partial charge on any atom is 0.153 e. The Hall–Kier alpha value is -5.15. The van der Waals surface area contributed by atoms with Crippen molar-refractivity contribution in [2.24, 2.45) is 4.99 Å². The Kier molecular flexibility index (Phi) is 21.4. The van der Waals surface area contributed by atoms with Gasteiger partial charge in [0.15, 0.2) is 12.2 Å². The Labute approximate surface area is 362 Å². The SMILES string of the molecule is C#COO.C#COO.CN(C)CCCC1(c2ccc(F)cc2)OCc2cc(C#N)ccc21.Cl.OCCOCCN1CCN(C2=Nc3ccccc3Sc3ccccc32)CC1. The number of piperazine rings is 1. The van der Waals surface area contributed by atoms with Crippen LogP contribution in [0.5, 0.6) is 0 Å². The van der Waals surface area contributed by atoms with Gasteiger partial charge >= 0.3 is 0 Å². The van der Waals surface area contributed by atoms with Gasteiger partial charge in [-0.2, -0.15) is 15.8 Å². The zero-order valence-electron chi connectivity index (χ0n) is 33.7. The van der Waals surface area contributed by atoms with Crippen molar-refractivity contribution in [2.45, 2.75) is 34.8 Å². The topological polar surface area (TPSA) is 143 Å². The first kappa shape index (κ1) is 49.2. The molecule has 60 heavy (non-hydrogen) atoms. The second-order valence-corrected chi connectivity index (χ2v) is 14.7. The molecule has 15 heteroatoms. The van der Waals surface area contributed by atoms with E-state index in [1.807, 2.05) is 32.3 Å². The minimum Gasteiger partial charge on any atom is -0.394 e. The van der Waals surface area contributed by atoms with Crippen LogP contribution in [-0.4, -0.2) is 109 Å². The molecule has 1 unspecified atom stereocenters. The summed E-state index contributed by atoms with van der Waals surface area (Å²) < 4.78 is 25.0. The van der Waals surface area contributed by atoms with Crippen LogP contribution in [0.1, 0.15) is 40.7 Å². The molecule has 0 aromatic heterocycles. The summed E-state index contributed by atoms with van der Waals surface area (Å²) in [6, 6.07) is 31.4. The number of hydrogen-bond donors (Lipinski definition) is 3. The number of aliphatic imine (C=N–C) groups is 1. The summed E-state index contributed by atoms with van der Waals surface area (Å²) in [5.74, 6) is 0.833. The Morgan fingerprint density at radius 2 is 1.57 bits per heavy atom. The molecular weight excluding hydrogens is 809 g/mol. The van der Waals surface area contributed by atoms with Gasteiger partial charge in [-0.05, 0) is 92.6 Å². The lowest BCUT2D eigenvalue weighted by atomic mass is 9.81. The predicted octanol–water partition coefficient (Wildman–Crippen LogP) is 7.22. The zero-order chi connectivity index (χ0) is 42.5. The fourth-order valence-electron chi connectivity index (χ4n) is 6.86. The number of benzene rings is 4. The lowest BCUT2D eigenvalue weighted by Crippen LogP contribution is -2.49. The molecule has 3 aliphatic rings. The molecule has 3 aliphatic heterocycles. The van der Waals surface area contributed by atoms with Crippen LogP contribution >= 0.6 is 24.2 Å². The van der Waals surface area contributed by atoms with E-state index in [0.29, 0.717) is 25.4 Å². The number of terminal acetylenes is 2. The quantitative estimate of drug-likeness (QED) is 0.0641. The Balaban J connectivity index is 0.000000269. The molecule has 3 N–H and O–H groups in total. The number of rotatable bonds is 10. The zero-order valence-corrected chi connectivity index (χ0v) is 35.3. The second-order valence-electron chi connectivity index (χ2n) is 13.6. The van der Waals surface area contributed by atoms with Gasteiger partial charge in [0, 0.05) is 48.1 Å². The molecular formula is C45H51ClFN5O7S. The van der Waals surface area contributed by atoms with Crippen molar-refractivity contribution in [3.8, 4) is 31.1 Å². The van der Waals surface area contributed by atoms with E-state index >= 15 is 0 Å². The summed E-state index contributed by atoms with van der Waals surface area (Å²) in [7, 11) is 4.10. The van der Waals surface area contributed by atoms with E-state index in [-0.39, 0.29) is 24.8 Å². The van der Waals surface area contributed by atoms with Crippen molar-refractivity contribution in [3.63, 3.8) is 0 Å². The van der Waals surface area contributed by atoms with Gasteiger partial charge in [0.25, 0.3) is 0 Å². The number of hydrogen-bond acceptors (Lipinski definition) is 13. The van der Waals surface area contributed by atoms with Crippen molar-refractivity contribution in [1.29, 1.82) is 5.26 Å². The maximum atomic E-state index is 13.4. The van der Waals surface area contributed by atoms with Crippen LogP contribution in [0, 0.1) is 42.2 Å². The highest BCUT2D eigenvalue weighted by atomic mass is 35.5. The summed E-state index contributed by atoms with van der Waals surface area (Å²) >= 11 is 1.80. The van der Waals surface area contributed by atoms with Crippen LogP contribution in [0.15, 0.2) is 106 Å². The molecule has 0 spiro atoms. The summed E-state index contributed by atoms with van der Waals surface area (Å²) in [6.07, 6.45) is 13.4. The molecule has 7 rings (SSSR count). The number of halogens is 2. The van der Waals surface area contributed by atoms with E-state index in [9.17, 15) is 4.39 Å². The van der Waals surface area contributed by atoms with E-state index in [1.165, 1.54) is 39.7 Å². The van der Waals surface area contributed by atoms with Gasteiger partial charge in [-0.1, -0.05) is 73.1 Å². The third kappa shape index (κ3) is 14.0. The van der Waals surface area contributed by atoms with Crippen LogP contribution in [0.4, 0.5) is 10.1 Å². The van der Waals surface area contributed by atoms with Gasteiger partial charge in [0.1, 0.15) is 17.3 Å². The molecule has 12 nitrogen and oxygen atoms in total. The third-order valence-corrected chi connectivity index (χ3v) is 10.7. The smallest absolute Gasteiger partial charge is 0.153 e. The molecule has 0 radical (unpaired) electrons. The van der Waals surface area contributed by atoms with Crippen molar-refractivity contribution >= 4 is 35.7 Å². The maximum absolute atomic E-state index is 13.4. The third-order valence-electron chi connectivity index (χ3n) is 9.59. The van der Waals surface area contributed by atoms with Crippen molar-refractivity contribution < 1.29 is 39.3 Å². The molecule has 3 heterocycles. The van der Waals surface area contributed by atoms with E-state index in [2.05, 4.69) is 91.9 Å². The average molecular weight is 860 g/mol. The van der Waals surface area contributed by atoms with Gasteiger partial charge < -0.3 is 24.4 Å². The Morgan fingerprint density at radius 1 is 0.917 bits per heavy atom. The van der Waals surface area contributed by atoms with Crippen LogP contribution < -0.4 is 0 Å². The highest BCUT2D eigenvalue weighted by molar-refractivity contribution is 7.99. The first-order valence-corrected chi connectivity index (χ1v) is 19.8. The lowest BCUT2D eigenvalue weighted by molar-refractivity contribution is -0.171. The fraction of sp³-hybridized carbons (Fsp3) is 0.333. The number of para-hydroxylation sites is 1. The number of nitrogens with zero attached hydrogens (tertiary/aromatic N) is 5. The molecule has 4 aromatic carbocycles. The van der Waals surface area contributed by atoms with Crippen molar-refractivity contribution in [2.75, 3.05) is 73.2 Å². The van der Waals surface area contributed by atoms with E-state index in [0.717, 1.165) is 80.3 Å².